The van der Waals surface area contributed by atoms with Crippen molar-refractivity contribution < 1.29 is 14.0 Å². The Morgan fingerprint density at radius 2 is 1.94 bits per heavy atom. The summed E-state index contributed by atoms with van der Waals surface area (Å²) in [6.07, 6.45) is 1.67. The number of hydrogen-bond acceptors (Lipinski definition) is 5. The van der Waals surface area contributed by atoms with Crippen LogP contribution in [0.2, 0.25) is 5.02 Å². The molecular formula is C22H21ClFN5O2S. The molecule has 3 rings (SSSR count). The summed E-state index contributed by atoms with van der Waals surface area (Å²) in [7, 11) is 0. The molecule has 0 fully saturated rings. The largest absolute Gasteiger partial charge is 0.342 e. The van der Waals surface area contributed by atoms with Crippen molar-refractivity contribution in [2.24, 2.45) is 0 Å². The summed E-state index contributed by atoms with van der Waals surface area (Å²) in [4.78, 5) is 24.8. The van der Waals surface area contributed by atoms with Gasteiger partial charge in [-0.15, -0.1) is 16.8 Å². The smallest absolute Gasteiger partial charge is 0.253 e. The van der Waals surface area contributed by atoms with Crippen LogP contribution in [0.3, 0.4) is 0 Å². The third-order valence-electron chi connectivity index (χ3n) is 4.39. The molecule has 0 saturated heterocycles. The van der Waals surface area contributed by atoms with Crippen molar-refractivity contribution in [1.29, 1.82) is 0 Å². The number of para-hydroxylation sites is 1. The highest BCUT2D eigenvalue weighted by Gasteiger charge is 2.21. The van der Waals surface area contributed by atoms with Crippen molar-refractivity contribution in [3.05, 3.63) is 83.4 Å². The van der Waals surface area contributed by atoms with E-state index in [1.54, 1.807) is 54.0 Å². The van der Waals surface area contributed by atoms with E-state index in [1.807, 2.05) is 0 Å². The minimum atomic E-state index is -0.508. The number of nitrogens with one attached hydrogen (secondary N) is 2. The molecule has 0 aliphatic heterocycles. The number of rotatable bonds is 9. The number of aromatic nitrogens is 3. The van der Waals surface area contributed by atoms with Gasteiger partial charge in [0, 0.05) is 6.54 Å². The molecule has 10 heteroatoms. The predicted octanol–water partition coefficient (Wildman–Crippen LogP) is 4.48. The van der Waals surface area contributed by atoms with Gasteiger partial charge in [-0.3, -0.25) is 9.59 Å². The molecule has 0 spiro atoms. The number of hydrogen-bond donors (Lipinski definition) is 2. The van der Waals surface area contributed by atoms with Crippen LogP contribution in [0.4, 0.5) is 10.1 Å². The predicted molar refractivity (Wildman–Crippen MR) is 123 cm³/mol. The van der Waals surface area contributed by atoms with Crippen molar-refractivity contribution in [1.82, 2.24) is 20.1 Å². The Morgan fingerprint density at radius 3 is 2.66 bits per heavy atom. The second kappa shape index (κ2) is 10.9. The second-order valence-corrected chi connectivity index (χ2v) is 8.08. The lowest BCUT2D eigenvalue weighted by atomic mass is 10.2. The van der Waals surface area contributed by atoms with Crippen molar-refractivity contribution in [3.63, 3.8) is 0 Å². The molecule has 166 valence electrons. The maximum Gasteiger partial charge on any atom is 0.253 e. The monoisotopic (exact) mass is 473 g/mol. The second-order valence-electron chi connectivity index (χ2n) is 6.73. The van der Waals surface area contributed by atoms with Crippen LogP contribution in [-0.2, 0) is 11.3 Å². The SMILES string of the molecule is C=CCn1c(SCC(=O)Nc2ccccc2F)nnc1[C@@H](C)NC(=O)c1ccccc1Cl. The fraction of sp³-hybridized carbons (Fsp3) is 0.182. The van der Waals surface area contributed by atoms with Gasteiger partial charge in [0.1, 0.15) is 5.82 Å². The first-order chi connectivity index (χ1) is 15.4. The van der Waals surface area contributed by atoms with Gasteiger partial charge >= 0.3 is 0 Å². The topological polar surface area (TPSA) is 88.9 Å². The van der Waals surface area contributed by atoms with E-state index in [1.165, 1.54) is 12.1 Å². The quantitative estimate of drug-likeness (QED) is 0.353. The fourth-order valence-electron chi connectivity index (χ4n) is 2.89. The van der Waals surface area contributed by atoms with E-state index in [2.05, 4.69) is 27.4 Å². The van der Waals surface area contributed by atoms with E-state index in [0.717, 1.165) is 11.8 Å². The fourth-order valence-corrected chi connectivity index (χ4v) is 3.87. The first-order valence-electron chi connectivity index (χ1n) is 9.67. The van der Waals surface area contributed by atoms with Crippen molar-refractivity contribution in [2.75, 3.05) is 11.1 Å². The summed E-state index contributed by atoms with van der Waals surface area (Å²) in [6, 6.07) is 12.2. The number of allylic oxidation sites excluding steroid dienone is 1. The van der Waals surface area contributed by atoms with Crippen LogP contribution in [0, 0.1) is 5.82 Å². The summed E-state index contributed by atoms with van der Waals surface area (Å²) >= 11 is 7.25. The zero-order valence-corrected chi connectivity index (χ0v) is 18.8. The van der Waals surface area contributed by atoms with Crippen LogP contribution >= 0.6 is 23.4 Å². The Kier molecular flexibility index (Phi) is 8.02. The molecule has 2 aromatic carbocycles. The first kappa shape index (κ1) is 23.5. The van der Waals surface area contributed by atoms with E-state index >= 15 is 0 Å². The molecule has 0 aliphatic carbocycles. The van der Waals surface area contributed by atoms with E-state index in [-0.39, 0.29) is 23.3 Å². The maximum absolute atomic E-state index is 13.7. The van der Waals surface area contributed by atoms with Crippen LogP contribution in [0.15, 0.2) is 66.3 Å². The van der Waals surface area contributed by atoms with Crippen LogP contribution < -0.4 is 10.6 Å². The van der Waals surface area contributed by atoms with Gasteiger partial charge in [-0.2, -0.15) is 0 Å². The highest BCUT2D eigenvalue weighted by molar-refractivity contribution is 7.99. The van der Waals surface area contributed by atoms with Gasteiger partial charge in [0.15, 0.2) is 11.0 Å². The number of nitrogens with zero attached hydrogens (tertiary/aromatic N) is 3. The molecule has 0 saturated carbocycles. The van der Waals surface area contributed by atoms with Gasteiger partial charge in [-0.25, -0.2) is 4.39 Å². The normalized spacial score (nSPS) is 11.6. The lowest BCUT2D eigenvalue weighted by Crippen LogP contribution is -2.29. The molecule has 3 aromatic rings. The van der Waals surface area contributed by atoms with Crippen LogP contribution in [-0.4, -0.2) is 32.3 Å². The van der Waals surface area contributed by atoms with Gasteiger partial charge in [0.05, 0.1) is 28.1 Å². The Morgan fingerprint density at radius 1 is 1.22 bits per heavy atom. The molecule has 1 heterocycles. The highest BCUT2D eigenvalue weighted by atomic mass is 35.5. The molecular weight excluding hydrogens is 453 g/mol. The van der Waals surface area contributed by atoms with E-state index in [9.17, 15) is 14.0 Å². The molecule has 2 N–H and O–H groups in total. The lowest BCUT2D eigenvalue weighted by Gasteiger charge is -2.15. The Hall–Kier alpha value is -3.17. The lowest BCUT2D eigenvalue weighted by molar-refractivity contribution is -0.113. The van der Waals surface area contributed by atoms with Crippen molar-refractivity contribution >= 4 is 40.9 Å². The van der Waals surface area contributed by atoms with Crippen LogP contribution in [0.1, 0.15) is 29.1 Å². The molecule has 2 amide bonds. The average molecular weight is 474 g/mol. The zero-order chi connectivity index (χ0) is 23.1. The Labute approximate surface area is 194 Å². The number of halogens is 2. The zero-order valence-electron chi connectivity index (χ0n) is 17.2. The van der Waals surface area contributed by atoms with Gasteiger partial charge in [-0.05, 0) is 31.2 Å². The number of anilines is 1. The number of benzene rings is 2. The van der Waals surface area contributed by atoms with Gasteiger partial charge in [0.2, 0.25) is 5.91 Å². The van der Waals surface area contributed by atoms with Crippen LogP contribution in [0.5, 0.6) is 0 Å². The minimum absolute atomic E-state index is 0.00394. The molecule has 1 aromatic heterocycles. The molecule has 0 bridgehead atoms. The standard InChI is InChI=1S/C22H21ClFN5O2S/c1-3-12-29-20(14(2)25-21(31)15-8-4-5-9-16(15)23)27-28-22(29)32-13-19(30)26-18-11-7-6-10-17(18)24/h3-11,14H,1,12-13H2,2H3,(H,25,31)(H,26,30)/t14-/m1/s1. The van der Waals surface area contributed by atoms with E-state index in [4.69, 9.17) is 11.6 Å². The third kappa shape index (κ3) is 5.74. The van der Waals surface area contributed by atoms with Gasteiger partial charge in [-0.1, -0.05) is 53.7 Å². The summed E-state index contributed by atoms with van der Waals surface area (Å²) in [6.45, 7) is 5.90. The van der Waals surface area contributed by atoms with Crippen LogP contribution in [0.25, 0.3) is 0 Å². The number of thioether (sulfide) groups is 1. The van der Waals surface area contributed by atoms with Gasteiger partial charge < -0.3 is 15.2 Å². The summed E-state index contributed by atoms with van der Waals surface area (Å²) in [5.41, 5.74) is 0.470. The number of carbonyl (C=O) groups is 2. The number of amides is 2. The molecule has 0 unspecified atom stereocenters. The molecule has 7 nitrogen and oxygen atoms in total. The Balaban J connectivity index is 1.68. The highest BCUT2D eigenvalue weighted by Crippen LogP contribution is 2.22. The molecule has 1 atom stereocenters. The summed E-state index contributed by atoms with van der Waals surface area (Å²) in [5, 5.41) is 14.5. The molecule has 0 radical (unpaired) electrons. The summed E-state index contributed by atoms with van der Waals surface area (Å²) < 4.78 is 15.5. The maximum atomic E-state index is 13.7. The molecule has 32 heavy (non-hydrogen) atoms. The van der Waals surface area contributed by atoms with E-state index in [0.29, 0.717) is 28.1 Å². The third-order valence-corrected chi connectivity index (χ3v) is 5.69. The minimum Gasteiger partial charge on any atom is -0.342 e. The number of carbonyl (C=O) groups excluding carboxylic acids is 2. The molecule has 0 aliphatic rings. The average Bonchev–Trinajstić information content (AvgIpc) is 3.17. The van der Waals surface area contributed by atoms with Crippen molar-refractivity contribution in [2.45, 2.75) is 24.7 Å². The van der Waals surface area contributed by atoms with Gasteiger partial charge in [0.25, 0.3) is 5.91 Å². The Bertz CT molecular complexity index is 1140. The summed E-state index contributed by atoms with van der Waals surface area (Å²) in [5.74, 6) is -0.720. The van der Waals surface area contributed by atoms with Crippen molar-refractivity contribution in [3.8, 4) is 0 Å². The first-order valence-corrected chi connectivity index (χ1v) is 11.0. The van der Waals surface area contributed by atoms with E-state index < -0.39 is 11.9 Å².